The Morgan fingerprint density at radius 2 is 1.10 bits per heavy atom. The first-order valence-corrected chi connectivity index (χ1v) is 10.4. The minimum Gasteiger partial charge on any atom is -0.497 e. The molecule has 0 fully saturated rings. The van der Waals surface area contributed by atoms with Crippen LogP contribution in [0.5, 0.6) is 11.5 Å². The zero-order valence-corrected chi connectivity index (χ0v) is 18.0. The molecular formula is C28H27NO2. The third-order valence-electron chi connectivity index (χ3n) is 5.33. The summed E-state index contributed by atoms with van der Waals surface area (Å²) in [5, 5.41) is 0. The van der Waals surface area contributed by atoms with Gasteiger partial charge in [0.15, 0.2) is 0 Å². The van der Waals surface area contributed by atoms with Crippen LogP contribution in [0.25, 0.3) is 11.1 Å². The molecule has 0 atom stereocenters. The number of anilines is 1. The molecule has 0 N–H and O–H groups in total. The molecule has 31 heavy (non-hydrogen) atoms. The van der Waals surface area contributed by atoms with Gasteiger partial charge in [0.25, 0.3) is 0 Å². The first-order chi connectivity index (χ1) is 15.2. The quantitative estimate of drug-likeness (QED) is 0.328. The Hall–Kier alpha value is -3.72. The molecule has 0 radical (unpaired) electrons. The van der Waals surface area contributed by atoms with Gasteiger partial charge in [0, 0.05) is 18.8 Å². The summed E-state index contributed by atoms with van der Waals surface area (Å²) in [7, 11) is 3.41. The van der Waals surface area contributed by atoms with E-state index in [0.717, 1.165) is 24.6 Å². The SMILES string of the molecule is COc1cccc(CN(Cc2cccc(OC)c2)c2cccc(-c3ccccc3)c2)c1. The van der Waals surface area contributed by atoms with E-state index in [1.165, 1.54) is 27.9 Å². The van der Waals surface area contributed by atoms with E-state index < -0.39 is 0 Å². The van der Waals surface area contributed by atoms with Crippen molar-refractivity contribution >= 4 is 5.69 Å². The van der Waals surface area contributed by atoms with Crippen LogP contribution in [0.1, 0.15) is 11.1 Å². The van der Waals surface area contributed by atoms with Gasteiger partial charge >= 0.3 is 0 Å². The lowest BCUT2D eigenvalue weighted by atomic mass is 10.0. The van der Waals surface area contributed by atoms with Crippen LogP contribution in [-0.4, -0.2) is 14.2 Å². The Balaban J connectivity index is 1.69. The summed E-state index contributed by atoms with van der Waals surface area (Å²) in [6.07, 6.45) is 0. The first-order valence-electron chi connectivity index (χ1n) is 10.4. The normalized spacial score (nSPS) is 10.5. The van der Waals surface area contributed by atoms with E-state index in [1.54, 1.807) is 14.2 Å². The molecule has 0 heterocycles. The topological polar surface area (TPSA) is 21.7 Å². The number of benzene rings is 4. The van der Waals surface area contributed by atoms with Crippen molar-refractivity contribution in [1.82, 2.24) is 0 Å². The zero-order chi connectivity index (χ0) is 21.5. The highest BCUT2D eigenvalue weighted by atomic mass is 16.5. The molecule has 0 saturated heterocycles. The van der Waals surface area contributed by atoms with Crippen LogP contribution in [0.15, 0.2) is 103 Å². The lowest BCUT2D eigenvalue weighted by Gasteiger charge is -2.26. The average molecular weight is 410 g/mol. The lowest BCUT2D eigenvalue weighted by molar-refractivity contribution is 0.414. The summed E-state index contributed by atoms with van der Waals surface area (Å²) >= 11 is 0. The van der Waals surface area contributed by atoms with E-state index in [0.29, 0.717) is 0 Å². The van der Waals surface area contributed by atoms with Gasteiger partial charge in [-0.15, -0.1) is 0 Å². The molecule has 0 aliphatic carbocycles. The molecule has 0 amide bonds. The standard InChI is InChI=1S/C28H27NO2/c1-30-27-15-6-9-22(17-27)20-29(21-23-10-7-16-28(18-23)31-2)26-14-8-13-25(19-26)24-11-4-3-5-12-24/h3-19H,20-21H2,1-2H3. The van der Waals surface area contributed by atoms with Crippen LogP contribution in [0.2, 0.25) is 0 Å². The Labute approximate surface area is 184 Å². The Morgan fingerprint density at radius 3 is 1.68 bits per heavy atom. The van der Waals surface area contributed by atoms with Crippen molar-refractivity contribution in [3.63, 3.8) is 0 Å². The number of ether oxygens (including phenoxy) is 2. The van der Waals surface area contributed by atoms with Crippen LogP contribution in [0.4, 0.5) is 5.69 Å². The number of rotatable bonds is 8. The second-order valence-corrected chi connectivity index (χ2v) is 7.48. The highest BCUT2D eigenvalue weighted by Gasteiger charge is 2.11. The molecule has 0 aliphatic heterocycles. The number of hydrogen-bond donors (Lipinski definition) is 0. The van der Waals surface area contributed by atoms with E-state index in [4.69, 9.17) is 9.47 Å². The Kier molecular flexibility index (Phi) is 6.53. The average Bonchev–Trinajstić information content (AvgIpc) is 2.84. The number of methoxy groups -OCH3 is 2. The van der Waals surface area contributed by atoms with Crippen molar-refractivity contribution in [3.05, 3.63) is 114 Å². The summed E-state index contributed by atoms with van der Waals surface area (Å²) in [6, 6.07) is 35.7. The zero-order valence-electron chi connectivity index (χ0n) is 18.0. The van der Waals surface area contributed by atoms with Crippen molar-refractivity contribution < 1.29 is 9.47 Å². The second kappa shape index (κ2) is 9.86. The van der Waals surface area contributed by atoms with Gasteiger partial charge in [-0.3, -0.25) is 0 Å². The molecule has 0 aliphatic rings. The maximum Gasteiger partial charge on any atom is 0.119 e. The molecule has 3 nitrogen and oxygen atoms in total. The summed E-state index contributed by atoms with van der Waals surface area (Å²) in [5.74, 6) is 1.74. The monoisotopic (exact) mass is 409 g/mol. The fourth-order valence-corrected chi connectivity index (χ4v) is 3.73. The predicted octanol–water partition coefficient (Wildman–Crippen LogP) is 6.58. The molecule has 0 unspecified atom stereocenters. The highest BCUT2D eigenvalue weighted by Crippen LogP contribution is 2.28. The number of hydrogen-bond acceptors (Lipinski definition) is 3. The van der Waals surface area contributed by atoms with E-state index in [2.05, 4.69) is 77.7 Å². The van der Waals surface area contributed by atoms with Crippen molar-refractivity contribution in [2.24, 2.45) is 0 Å². The molecule has 0 saturated carbocycles. The van der Waals surface area contributed by atoms with Gasteiger partial charge in [-0.05, 0) is 58.7 Å². The molecule has 0 spiro atoms. The maximum absolute atomic E-state index is 5.43. The fraction of sp³-hybridized carbons (Fsp3) is 0.143. The third-order valence-corrected chi connectivity index (χ3v) is 5.33. The van der Waals surface area contributed by atoms with Gasteiger partial charge in [0.2, 0.25) is 0 Å². The van der Waals surface area contributed by atoms with E-state index in [-0.39, 0.29) is 0 Å². The minimum absolute atomic E-state index is 0.770. The molecule has 0 aromatic heterocycles. The Morgan fingerprint density at radius 1 is 0.548 bits per heavy atom. The molecule has 4 aromatic carbocycles. The second-order valence-electron chi connectivity index (χ2n) is 7.48. The van der Waals surface area contributed by atoms with Crippen molar-refractivity contribution in [3.8, 4) is 22.6 Å². The van der Waals surface area contributed by atoms with Crippen molar-refractivity contribution in [2.75, 3.05) is 19.1 Å². The van der Waals surface area contributed by atoms with Crippen molar-refractivity contribution in [1.29, 1.82) is 0 Å². The molecule has 4 rings (SSSR count). The first kappa shape index (κ1) is 20.5. The number of nitrogens with zero attached hydrogens (tertiary/aromatic N) is 1. The van der Waals surface area contributed by atoms with Crippen molar-refractivity contribution in [2.45, 2.75) is 13.1 Å². The van der Waals surface area contributed by atoms with E-state index in [1.807, 2.05) is 30.3 Å². The van der Waals surface area contributed by atoms with Gasteiger partial charge in [0.1, 0.15) is 11.5 Å². The van der Waals surface area contributed by atoms with Crippen LogP contribution < -0.4 is 14.4 Å². The summed E-state index contributed by atoms with van der Waals surface area (Å²) in [4.78, 5) is 2.38. The van der Waals surface area contributed by atoms with Gasteiger partial charge in [-0.2, -0.15) is 0 Å². The summed E-state index contributed by atoms with van der Waals surface area (Å²) in [5.41, 5.74) is 6.00. The van der Waals surface area contributed by atoms with Gasteiger partial charge in [-0.25, -0.2) is 0 Å². The van der Waals surface area contributed by atoms with Gasteiger partial charge < -0.3 is 14.4 Å². The van der Waals surface area contributed by atoms with Gasteiger partial charge in [0.05, 0.1) is 14.2 Å². The largest absolute Gasteiger partial charge is 0.497 e. The third kappa shape index (κ3) is 5.26. The predicted molar refractivity (Wildman–Crippen MR) is 128 cm³/mol. The molecule has 156 valence electrons. The molecule has 4 aromatic rings. The Bertz CT molecular complexity index is 1070. The van der Waals surface area contributed by atoms with E-state index in [9.17, 15) is 0 Å². The molecular weight excluding hydrogens is 382 g/mol. The fourth-order valence-electron chi connectivity index (χ4n) is 3.73. The summed E-state index contributed by atoms with van der Waals surface area (Å²) in [6.45, 7) is 1.54. The van der Waals surface area contributed by atoms with Crippen LogP contribution in [-0.2, 0) is 13.1 Å². The highest BCUT2D eigenvalue weighted by molar-refractivity contribution is 5.68. The van der Waals surface area contributed by atoms with Crippen LogP contribution in [0, 0.1) is 0 Å². The van der Waals surface area contributed by atoms with Crippen LogP contribution >= 0.6 is 0 Å². The van der Waals surface area contributed by atoms with E-state index >= 15 is 0 Å². The molecule has 0 bridgehead atoms. The lowest BCUT2D eigenvalue weighted by Crippen LogP contribution is -2.22. The smallest absolute Gasteiger partial charge is 0.119 e. The maximum atomic E-state index is 5.43. The van der Waals surface area contributed by atoms with Crippen LogP contribution in [0.3, 0.4) is 0 Å². The summed E-state index contributed by atoms with van der Waals surface area (Å²) < 4.78 is 10.9. The minimum atomic E-state index is 0.770. The van der Waals surface area contributed by atoms with Gasteiger partial charge in [-0.1, -0.05) is 66.7 Å². The molecule has 3 heteroatoms.